The van der Waals surface area contributed by atoms with Gasteiger partial charge >= 0.3 is 0 Å². The number of anilines is 1. The number of benzene rings is 1. The first-order valence-corrected chi connectivity index (χ1v) is 7.44. The van der Waals surface area contributed by atoms with Crippen molar-refractivity contribution in [1.82, 2.24) is 0 Å². The molecule has 1 heterocycles. The van der Waals surface area contributed by atoms with Crippen molar-refractivity contribution in [3.8, 4) is 0 Å². The van der Waals surface area contributed by atoms with Crippen molar-refractivity contribution < 1.29 is 4.21 Å². The fourth-order valence-electron chi connectivity index (χ4n) is 2.16. The molecule has 16 heavy (non-hydrogen) atoms. The van der Waals surface area contributed by atoms with Crippen molar-refractivity contribution in [3.63, 3.8) is 0 Å². The van der Waals surface area contributed by atoms with Gasteiger partial charge in [0.05, 0.1) is 10.6 Å². The largest absolute Gasteiger partial charge is 0.365 e. The fourth-order valence-corrected chi connectivity index (χ4v) is 3.74. The number of hydrogen-bond donors (Lipinski definition) is 0. The van der Waals surface area contributed by atoms with Crippen molar-refractivity contribution in [3.05, 3.63) is 24.3 Å². The second-order valence-electron chi connectivity index (χ2n) is 5.31. The monoisotopic (exact) mass is 237 g/mol. The van der Waals surface area contributed by atoms with Crippen molar-refractivity contribution in [2.75, 3.05) is 17.2 Å². The molecule has 0 bridgehead atoms. The number of para-hydroxylation sites is 1. The summed E-state index contributed by atoms with van der Waals surface area (Å²) in [4.78, 5) is 3.23. The Morgan fingerprint density at radius 3 is 2.56 bits per heavy atom. The van der Waals surface area contributed by atoms with E-state index in [9.17, 15) is 4.21 Å². The van der Waals surface area contributed by atoms with Crippen LogP contribution >= 0.6 is 0 Å². The highest BCUT2D eigenvalue weighted by atomic mass is 32.2. The summed E-state index contributed by atoms with van der Waals surface area (Å²) >= 11 is 0. The highest BCUT2D eigenvalue weighted by Gasteiger charge is 2.30. The molecule has 1 unspecified atom stereocenters. The maximum absolute atomic E-state index is 12.4. The molecule has 0 saturated heterocycles. The van der Waals surface area contributed by atoms with Crippen molar-refractivity contribution in [2.45, 2.75) is 31.2 Å². The molecule has 0 saturated carbocycles. The lowest BCUT2D eigenvalue weighted by Crippen LogP contribution is -2.47. The van der Waals surface area contributed by atoms with Gasteiger partial charge in [0.15, 0.2) is 0 Å². The molecule has 0 aliphatic carbocycles. The molecule has 0 fully saturated rings. The second-order valence-corrected chi connectivity index (χ2v) is 7.78. The third-order valence-corrected chi connectivity index (χ3v) is 5.00. The predicted molar refractivity (Wildman–Crippen MR) is 71.9 cm³/mol. The maximum atomic E-state index is 12.4. The van der Waals surface area contributed by atoms with Crippen LogP contribution in [0.25, 0.3) is 0 Å². The van der Waals surface area contributed by atoms with Gasteiger partial charge in [0.1, 0.15) is 0 Å². The minimum absolute atomic E-state index is 0.0616. The predicted octanol–water partition coefficient (Wildman–Crippen LogP) is 2.38. The first kappa shape index (κ1) is 11.5. The van der Waals surface area contributed by atoms with Crippen LogP contribution in [0.2, 0.25) is 0 Å². The van der Waals surface area contributed by atoms with Crippen LogP contribution in [0.15, 0.2) is 29.2 Å². The Labute approximate surface area is 98.3 Å². The van der Waals surface area contributed by atoms with Gasteiger partial charge in [-0.15, -0.1) is 0 Å². The molecule has 2 rings (SSSR count). The van der Waals surface area contributed by atoms with E-state index >= 15 is 0 Å². The Morgan fingerprint density at radius 2 is 1.94 bits per heavy atom. The average Bonchev–Trinajstić information content (AvgIpc) is 2.16. The van der Waals surface area contributed by atoms with Crippen LogP contribution in [0.4, 0.5) is 5.69 Å². The normalized spacial score (nSPS) is 25.3. The molecule has 0 radical (unpaired) electrons. The molecule has 0 amide bonds. The van der Waals surface area contributed by atoms with Crippen molar-refractivity contribution in [1.29, 1.82) is 0 Å². The van der Waals surface area contributed by atoms with E-state index in [1.807, 2.05) is 24.3 Å². The van der Waals surface area contributed by atoms with Crippen LogP contribution in [0.5, 0.6) is 0 Å². The highest BCUT2D eigenvalue weighted by molar-refractivity contribution is 8.00. The van der Waals surface area contributed by atoms with E-state index in [0.29, 0.717) is 5.75 Å². The van der Waals surface area contributed by atoms with E-state index in [-0.39, 0.29) is 5.54 Å². The van der Waals surface area contributed by atoms with Gasteiger partial charge in [0.2, 0.25) is 0 Å². The molecule has 1 aliphatic heterocycles. The van der Waals surface area contributed by atoms with Gasteiger partial charge in [-0.25, -0.2) is 0 Å². The summed E-state index contributed by atoms with van der Waals surface area (Å²) < 4.78 is 12.4. The zero-order valence-electron chi connectivity index (χ0n) is 10.2. The summed E-state index contributed by atoms with van der Waals surface area (Å²) in [5.74, 6) is 4.54. The number of fused-ring (bicyclic) bond motifs is 1. The Hall–Kier alpha value is -0.960. The highest BCUT2D eigenvalue weighted by Crippen LogP contribution is 2.34. The Kier molecular flexibility index (Phi) is 2.54. The SMILES string of the molecule is C=S1(=O)CCN(C(C)(C)C)c2ccccc21. The molecular weight excluding hydrogens is 218 g/mol. The van der Waals surface area contributed by atoms with Gasteiger partial charge in [-0.1, -0.05) is 12.1 Å². The van der Waals surface area contributed by atoms with Crippen LogP contribution < -0.4 is 4.90 Å². The zero-order valence-corrected chi connectivity index (χ0v) is 11.0. The van der Waals surface area contributed by atoms with E-state index in [4.69, 9.17) is 0 Å². The van der Waals surface area contributed by atoms with Crippen LogP contribution in [0.1, 0.15) is 20.8 Å². The van der Waals surface area contributed by atoms with Gasteiger partial charge in [0.25, 0.3) is 0 Å². The summed E-state index contributed by atoms with van der Waals surface area (Å²) in [6.07, 6.45) is 0. The van der Waals surface area contributed by atoms with E-state index in [1.54, 1.807) is 0 Å². The quantitative estimate of drug-likeness (QED) is 0.646. The van der Waals surface area contributed by atoms with Crippen LogP contribution in [-0.4, -0.2) is 27.9 Å². The Bertz CT molecular complexity index is 497. The van der Waals surface area contributed by atoms with Gasteiger partial charge in [-0.3, -0.25) is 4.21 Å². The lowest BCUT2D eigenvalue weighted by atomic mass is 10.0. The van der Waals surface area contributed by atoms with Crippen LogP contribution in [0.3, 0.4) is 0 Å². The minimum Gasteiger partial charge on any atom is -0.365 e. The molecular formula is C13H19NOS. The molecule has 0 aromatic heterocycles. The topological polar surface area (TPSA) is 20.3 Å². The van der Waals surface area contributed by atoms with Crippen LogP contribution in [-0.2, 0) is 9.52 Å². The van der Waals surface area contributed by atoms with Gasteiger partial charge in [0, 0.05) is 17.8 Å². The van der Waals surface area contributed by atoms with E-state index in [1.165, 1.54) is 0 Å². The van der Waals surface area contributed by atoms with Gasteiger partial charge < -0.3 is 4.90 Å². The number of nitrogens with zero attached hydrogens (tertiary/aromatic N) is 1. The smallest absolute Gasteiger partial charge is 0.0539 e. The fraction of sp³-hybridized carbons (Fsp3) is 0.462. The minimum atomic E-state index is -2.08. The van der Waals surface area contributed by atoms with Crippen LogP contribution in [0, 0.1) is 0 Å². The number of hydrogen-bond acceptors (Lipinski definition) is 2. The molecule has 1 aromatic carbocycles. The maximum Gasteiger partial charge on any atom is 0.0539 e. The van der Waals surface area contributed by atoms with Gasteiger partial charge in [-0.05, 0) is 48.3 Å². The number of rotatable bonds is 0. The Morgan fingerprint density at radius 1 is 1.31 bits per heavy atom. The molecule has 1 aromatic rings. The van der Waals surface area contributed by atoms with Gasteiger partial charge in [-0.2, -0.15) is 0 Å². The molecule has 0 N–H and O–H groups in total. The zero-order chi connectivity index (χ0) is 12.0. The lowest BCUT2D eigenvalue weighted by molar-refractivity contribution is 0.506. The second kappa shape index (κ2) is 3.52. The average molecular weight is 237 g/mol. The standard InChI is InChI=1S/C13H19NOS/c1-13(2,3)14-9-10-16(4,15)12-8-6-5-7-11(12)14/h5-8H,4,9-10H2,1-3H3. The van der Waals surface area contributed by atoms with E-state index in [0.717, 1.165) is 17.1 Å². The molecule has 1 aliphatic rings. The van der Waals surface area contributed by atoms with E-state index < -0.39 is 9.52 Å². The lowest BCUT2D eigenvalue weighted by Gasteiger charge is -2.42. The molecule has 3 heteroatoms. The summed E-state index contributed by atoms with van der Waals surface area (Å²) in [5.41, 5.74) is 1.15. The van der Waals surface area contributed by atoms with Crippen molar-refractivity contribution >= 4 is 21.1 Å². The summed E-state index contributed by atoms with van der Waals surface area (Å²) in [5, 5.41) is 0. The molecule has 0 spiro atoms. The Balaban J connectivity index is 2.61. The first-order chi connectivity index (χ1) is 7.32. The third kappa shape index (κ3) is 1.84. The van der Waals surface area contributed by atoms with Crippen molar-refractivity contribution in [2.24, 2.45) is 0 Å². The molecule has 1 atom stereocenters. The summed E-state index contributed by atoms with van der Waals surface area (Å²) in [6.45, 7) is 7.36. The summed E-state index contributed by atoms with van der Waals surface area (Å²) in [6, 6.07) is 7.93. The third-order valence-electron chi connectivity index (χ3n) is 3.01. The first-order valence-electron chi connectivity index (χ1n) is 5.54. The summed E-state index contributed by atoms with van der Waals surface area (Å²) in [7, 11) is -2.08. The molecule has 2 nitrogen and oxygen atoms in total. The van der Waals surface area contributed by atoms with E-state index in [2.05, 4.69) is 31.5 Å². The molecule has 88 valence electrons.